The highest BCUT2D eigenvalue weighted by Crippen LogP contribution is 2.12. The molecule has 0 bridgehead atoms. The van der Waals surface area contributed by atoms with Crippen molar-refractivity contribution < 1.29 is 4.74 Å². The Labute approximate surface area is 71.8 Å². The number of aromatic nitrogens is 2. The molecule has 0 spiro atoms. The van der Waals surface area contributed by atoms with E-state index in [1.165, 1.54) is 0 Å². The Kier molecular flexibility index (Phi) is 2.60. The van der Waals surface area contributed by atoms with Gasteiger partial charge in [0.05, 0.1) is 0 Å². The molecule has 0 saturated heterocycles. The van der Waals surface area contributed by atoms with Crippen molar-refractivity contribution in [2.75, 3.05) is 12.8 Å². The first kappa shape index (κ1) is 8.93. The lowest BCUT2D eigenvalue weighted by Crippen LogP contribution is -2.06. The summed E-state index contributed by atoms with van der Waals surface area (Å²) < 4.78 is 5.07. The lowest BCUT2D eigenvalue weighted by molar-refractivity contribution is 0.112. The Balaban J connectivity index is 3.00. The summed E-state index contributed by atoms with van der Waals surface area (Å²) in [5.41, 5.74) is 6.41. The van der Waals surface area contributed by atoms with Crippen LogP contribution in [-0.2, 0) is 4.74 Å². The van der Waals surface area contributed by atoms with Gasteiger partial charge in [-0.25, -0.2) is 9.97 Å². The first-order valence-electron chi connectivity index (χ1n) is 3.77. The van der Waals surface area contributed by atoms with Crippen LogP contribution in [0.1, 0.15) is 24.5 Å². The zero-order valence-corrected chi connectivity index (χ0v) is 7.53. The summed E-state index contributed by atoms with van der Waals surface area (Å²) in [5, 5.41) is 0. The summed E-state index contributed by atoms with van der Waals surface area (Å²) in [6.07, 6.45) is -0.104. The number of methoxy groups -OCH3 is 1. The van der Waals surface area contributed by atoms with E-state index in [9.17, 15) is 0 Å². The fourth-order valence-corrected chi connectivity index (χ4v) is 0.904. The Morgan fingerprint density at radius 3 is 2.67 bits per heavy atom. The van der Waals surface area contributed by atoms with Crippen LogP contribution in [-0.4, -0.2) is 17.1 Å². The molecule has 4 nitrogen and oxygen atoms in total. The van der Waals surface area contributed by atoms with Crippen LogP contribution < -0.4 is 5.73 Å². The molecule has 1 heterocycles. The zero-order valence-electron chi connectivity index (χ0n) is 7.53. The second-order valence-electron chi connectivity index (χ2n) is 2.67. The van der Waals surface area contributed by atoms with Crippen LogP contribution >= 0.6 is 0 Å². The third-order valence-electron chi connectivity index (χ3n) is 1.61. The van der Waals surface area contributed by atoms with Gasteiger partial charge in [0.25, 0.3) is 0 Å². The molecule has 66 valence electrons. The van der Waals surface area contributed by atoms with E-state index in [1.54, 1.807) is 13.2 Å². The topological polar surface area (TPSA) is 61.0 Å². The highest BCUT2D eigenvalue weighted by atomic mass is 16.5. The van der Waals surface area contributed by atoms with E-state index < -0.39 is 0 Å². The molecule has 0 fully saturated rings. The second kappa shape index (κ2) is 3.49. The minimum Gasteiger partial charge on any atom is -0.384 e. The van der Waals surface area contributed by atoms with Crippen molar-refractivity contribution in [3.63, 3.8) is 0 Å². The maximum atomic E-state index is 5.55. The van der Waals surface area contributed by atoms with E-state index >= 15 is 0 Å². The third kappa shape index (κ3) is 1.92. The van der Waals surface area contributed by atoms with Crippen molar-refractivity contribution in [2.45, 2.75) is 20.0 Å². The summed E-state index contributed by atoms with van der Waals surface area (Å²) in [6, 6.07) is 1.73. The lowest BCUT2D eigenvalue weighted by atomic mass is 10.3. The van der Waals surface area contributed by atoms with E-state index in [4.69, 9.17) is 10.5 Å². The summed E-state index contributed by atoms with van der Waals surface area (Å²) >= 11 is 0. The molecule has 4 heteroatoms. The average molecular weight is 167 g/mol. The van der Waals surface area contributed by atoms with Crippen molar-refractivity contribution in [3.8, 4) is 0 Å². The number of aryl methyl sites for hydroxylation is 1. The van der Waals surface area contributed by atoms with Gasteiger partial charge in [0.15, 0.2) is 5.82 Å². The normalized spacial score (nSPS) is 12.9. The Bertz CT molecular complexity index is 255. The zero-order chi connectivity index (χ0) is 9.14. The third-order valence-corrected chi connectivity index (χ3v) is 1.61. The van der Waals surface area contributed by atoms with E-state index in [0.717, 1.165) is 5.69 Å². The molecule has 12 heavy (non-hydrogen) atoms. The highest BCUT2D eigenvalue weighted by Gasteiger charge is 2.07. The predicted molar refractivity (Wildman–Crippen MR) is 46.6 cm³/mol. The molecule has 0 saturated carbocycles. The Hall–Kier alpha value is -1.16. The number of hydrogen-bond donors (Lipinski definition) is 1. The van der Waals surface area contributed by atoms with Crippen molar-refractivity contribution >= 4 is 5.82 Å². The molecule has 1 aromatic heterocycles. The smallest absolute Gasteiger partial charge is 0.159 e. The van der Waals surface area contributed by atoms with Crippen molar-refractivity contribution in [1.29, 1.82) is 0 Å². The quantitative estimate of drug-likeness (QED) is 0.715. The van der Waals surface area contributed by atoms with Crippen molar-refractivity contribution in [2.24, 2.45) is 0 Å². The Morgan fingerprint density at radius 1 is 1.50 bits per heavy atom. The molecular weight excluding hydrogens is 154 g/mol. The monoisotopic (exact) mass is 167 g/mol. The molecular formula is C8H13N3O. The molecule has 0 aliphatic carbocycles. The highest BCUT2D eigenvalue weighted by molar-refractivity contribution is 5.29. The van der Waals surface area contributed by atoms with Gasteiger partial charge in [0.2, 0.25) is 0 Å². The summed E-state index contributed by atoms with van der Waals surface area (Å²) in [7, 11) is 1.62. The van der Waals surface area contributed by atoms with Crippen LogP contribution in [0.25, 0.3) is 0 Å². The van der Waals surface area contributed by atoms with Gasteiger partial charge in [-0.15, -0.1) is 0 Å². The van der Waals surface area contributed by atoms with Crippen LogP contribution in [0.15, 0.2) is 6.07 Å². The molecule has 2 N–H and O–H groups in total. The first-order valence-corrected chi connectivity index (χ1v) is 3.77. The van der Waals surface area contributed by atoms with E-state index in [-0.39, 0.29) is 6.10 Å². The van der Waals surface area contributed by atoms with Crippen LogP contribution in [0.4, 0.5) is 5.82 Å². The minimum atomic E-state index is -0.104. The summed E-state index contributed by atoms with van der Waals surface area (Å²) in [4.78, 5) is 8.24. The molecule has 0 radical (unpaired) electrons. The largest absolute Gasteiger partial charge is 0.384 e. The molecule has 0 aromatic carbocycles. The molecule has 0 amide bonds. The van der Waals surface area contributed by atoms with Gasteiger partial charge in [-0.1, -0.05) is 0 Å². The number of hydrogen-bond acceptors (Lipinski definition) is 4. The molecule has 0 aliphatic heterocycles. The molecule has 1 rings (SSSR count). The van der Waals surface area contributed by atoms with Crippen LogP contribution in [0.5, 0.6) is 0 Å². The van der Waals surface area contributed by atoms with Crippen LogP contribution in [0.2, 0.25) is 0 Å². The molecule has 1 aromatic rings. The number of nitrogens with zero attached hydrogens (tertiary/aromatic N) is 2. The maximum absolute atomic E-state index is 5.55. The molecule has 1 atom stereocenters. The summed E-state index contributed by atoms with van der Waals surface area (Å²) in [5.74, 6) is 1.12. The number of anilines is 1. The lowest BCUT2D eigenvalue weighted by Gasteiger charge is -2.08. The molecule has 0 unspecified atom stereocenters. The van der Waals surface area contributed by atoms with Gasteiger partial charge in [-0.05, 0) is 13.8 Å². The maximum Gasteiger partial charge on any atom is 0.159 e. The first-order chi connectivity index (χ1) is 5.63. The van der Waals surface area contributed by atoms with E-state index in [2.05, 4.69) is 9.97 Å². The number of nitrogen functional groups attached to an aromatic ring is 1. The van der Waals surface area contributed by atoms with Gasteiger partial charge in [-0.2, -0.15) is 0 Å². The summed E-state index contributed by atoms with van der Waals surface area (Å²) in [6.45, 7) is 3.76. The minimum absolute atomic E-state index is 0.104. The van der Waals surface area contributed by atoms with Gasteiger partial charge in [-0.3, -0.25) is 0 Å². The van der Waals surface area contributed by atoms with Crippen molar-refractivity contribution in [3.05, 3.63) is 17.6 Å². The predicted octanol–water partition coefficient (Wildman–Crippen LogP) is 1.07. The molecule has 0 aliphatic rings. The standard InChI is InChI=1S/C8H13N3O/c1-5-4-7(9)11-8(10-5)6(2)12-3/h4,6H,1-3H3,(H2,9,10,11)/t6-/m0/s1. The fourth-order valence-electron chi connectivity index (χ4n) is 0.904. The van der Waals surface area contributed by atoms with Crippen LogP contribution in [0, 0.1) is 6.92 Å². The Morgan fingerprint density at radius 2 is 2.17 bits per heavy atom. The number of ether oxygens (including phenoxy) is 1. The van der Waals surface area contributed by atoms with Gasteiger partial charge in [0, 0.05) is 18.9 Å². The SMILES string of the molecule is CO[C@@H](C)c1nc(C)cc(N)n1. The van der Waals surface area contributed by atoms with Gasteiger partial charge in [0.1, 0.15) is 11.9 Å². The second-order valence-corrected chi connectivity index (χ2v) is 2.67. The van der Waals surface area contributed by atoms with E-state index in [0.29, 0.717) is 11.6 Å². The number of rotatable bonds is 2. The number of nitrogens with two attached hydrogens (primary N) is 1. The van der Waals surface area contributed by atoms with Gasteiger partial charge >= 0.3 is 0 Å². The van der Waals surface area contributed by atoms with Crippen molar-refractivity contribution in [1.82, 2.24) is 9.97 Å². The fraction of sp³-hybridized carbons (Fsp3) is 0.500. The van der Waals surface area contributed by atoms with Crippen LogP contribution in [0.3, 0.4) is 0 Å². The average Bonchev–Trinajstić information content (AvgIpc) is 2.01. The van der Waals surface area contributed by atoms with E-state index in [1.807, 2.05) is 13.8 Å². The van der Waals surface area contributed by atoms with Gasteiger partial charge < -0.3 is 10.5 Å².